The third kappa shape index (κ3) is 8.80. The Bertz CT molecular complexity index is 535. The molecule has 1 saturated carbocycles. The van der Waals surface area contributed by atoms with Gasteiger partial charge in [-0.1, -0.05) is 46.0 Å². The molecule has 0 aliphatic heterocycles. The number of imidazole rings is 1. The number of aliphatic hydroxyl groups excluding tert-OH is 1. The monoisotopic (exact) mass is 415 g/mol. The van der Waals surface area contributed by atoms with Crippen LogP contribution in [0.1, 0.15) is 58.1 Å². The summed E-state index contributed by atoms with van der Waals surface area (Å²) in [7, 11) is 0. The number of nitrogens with one attached hydrogen (secondary N) is 2. The minimum absolute atomic E-state index is 0. The molecule has 1 aliphatic rings. The van der Waals surface area contributed by atoms with E-state index in [-0.39, 0.29) is 31.0 Å². The van der Waals surface area contributed by atoms with E-state index in [4.69, 9.17) is 5.73 Å². The molecule has 1 aromatic rings. The van der Waals surface area contributed by atoms with E-state index in [0.717, 1.165) is 12.1 Å². The van der Waals surface area contributed by atoms with Crippen molar-refractivity contribution in [2.45, 2.75) is 70.9 Å². The van der Waals surface area contributed by atoms with Crippen molar-refractivity contribution in [3.8, 4) is 0 Å². The molecule has 0 aromatic carbocycles. The molecule has 2 rings (SSSR count). The lowest BCUT2D eigenvalue weighted by Crippen LogP contribution is -2.50. The largest absolute Gasteiger partial charge is 0.390 e. The molecule has 5 N–H and O–H groups in total. The number of H-pyrrole nitrogens is 1. The van der Waals surface area contributed by atoms with Crippen LogP contribution in [0.25, 0.3) is 0 Å². The summed E-state index contributed by atoms with van der Waals surface area (Å²) in [6.45, 7) is 5.53. The van der Waals surface area contributed by atoms with E-state index in [9.17, 15) is 9.90 Å². The first-order chi connectivity index (χ1) is 13.0. The molecule has 1 fully saturated rings. The molecule has 1 aliphatic carbocycles. The van der Waals surface area contributed by atoms with Crippen LogP contribution in [-0.4, -0.2) is 57.8 Å². The molecule has 162 valence electrons. The van der Waals surface area contributed by atoms with Crippen LogP contribution in [0.15, 0.2) is 12.5 Å². The van der Waals surface area contributed by atoms with Gasteiger partial charge in [-0.05, 0) is 18.3 Å². The number of aliphatic hydroxyl groups is 1. The number of aromatic amines is 1. The molecule has 0 bridgehead atoms. The van der Waals surface area contributed by atoms with Crippen LogP contribution in [-0.2, 0) is 6.42 Å². The van der Waals surface area contributed by atoms with Gasteiger partial charge in [0, 0.05) is 38.3 Å². The molecule has 2 amide bonds. The van der Waals surface area contributed by atoms with Crippen LogP contribution < -0.4 is 11.1 Å². The Balaban J connectivity index is 0.00000392. The third-order valence-corrected chi connectivity index (χ3v) is 5.32. The Morgan fingerprint density at radius 1 is 1.36 bits per heavy atom. The second kappa shape index (κ2) is 13.0. The van der Waals surface area contributed by atoms with E-state index in [1.165, 1.54) is 32.1 Å². The summed E-state index contributed by atoms with van der Waals surface area (Å²) in [5.74, 6) is 0.938. The predicted octanol–water partition coefficient (Wildman–Crippen LogP) is 2.70. The summed E-state index contributed by atoms with van der Waals surface area (Å²) in [4.78, 5) is 21.3. The Kier molecular flexibility index (Phi) is 11.5. The fraction of sp³-hybridized carbons (Fsp3) is 0.800. The fourth-order valence-corrected chi connectivity index (χ4v) is 3.84. The summed E-state index contributed by atoms with van der Waals surface area (Å²) in [6.07, 6.45) is 10.6. The number of hydrogen-bond acceptors (Lipinski definition) is 4. The molecule has 1 aromatic heterocycles. The van der Waals surface area contributed by atoms with E-state index in [2.05, 4.69) is 29.1 Å². The lowest BCUT2D eigenvalue weighted by molar-refractivity contribution is 0.0859. The molecular formula is C20H38ClN5O2. The molecule has 2 atom stereocenters. The molecule has 0 radical (unpaired) electrons. The van der Waals surface area contributed by atoms with Gasteiger partial charge >= 0.3 is 6.03 Å². The molecule has 7 nitrogen and oxygen atoms in total. The quantitative estimate of drug-likeness (QED) is 0.471. The summed E-state index contributed by atoms with van der Waals surface area (Å²) in [6, 6.07) is -0.428. The number of halogens is 1. The average Bonchev–Trinajstić information content (AvgIpc) is 3.15. The number of rotatable bonds is 10. The second-order valence-corrected chi connectivity index (χ2v) is 8.31. The fourth-order valence-electron chi connectivity index (χ4n) is 3.84. The Morgan fingerprint density at radius 3 is 2.68 bits per heavy atom. The number of nitrogens with two attached hydrogens (primary N) is 1. The maximum Gasteiger partial charge on any atom is 0.317 e. The van der Waals surface area contributed by atoms with Crippen LogP contribution in [0, 0.1) is 11.8 Å². The standard InChI is InChI=1S/C20H37N5O2.ClH/c1-15(2)12-25(20(27)23-9-8-17-11-22-14-24-17)13-19(26)18(21)10-16-6-4-3-5-7-16;/h11,14-16,18-19,26H,3-10,12-13,21H2,1-2H3,(H,22,24)(H,23,27);1H/t18-,19+;/m0./s1. The number of urea groups is 1. The molecule has 8 heteroatoms. The number of carbonyl (C=O) groups is 1. The van der Waals surface area contributed by atoms with Crippen molar-refractivity contribution in [3.05, 3.63) is 18.2 Å². The van der Waals surface area contributed by atoms with E-state index in [1.54, 1.807) is 11.2 Å². The van der Waals surface area contributed by atoms with Crippen LogP contribution in [0.3, 0.4) is 0 Å². The van der Waals surface area contributed by atoms with Gasteiger partial charge in [0.05, 0.1) is 18.1 Å². The van der Waals surface area contributed by atoms with Gasteiger partial charge in [-0.25, -0.2) is 9.78 Å². The minimum atomic E-state index is -0.692. The molecule has 28 heavy (non-hydrogen) atoms. The highest BCUT2D eigenvalue weighted by molar-refractivity contribution is 5.85. The van der Waals surface area contributed by atoms with Gasteiger partial charge < -0.3 is 26.0 Å². The van der Waals surface area contributed by atoms with Crippen LogP contribution in [0.4, 0.5) is 4.79 Å². The van der Waals surface area contributed by atoms with E-state index in [0.29, 0.717) is 31.3 Å². The van der Waals surface area contributed by atoms with Gasteiger partial charge in [0.15, 0.2) is 0 Å². The van der Waals surface area contributed by atoms with Crippen molar-refractivity contribution in [1.82, 2.24) is 20.2 Å². The Labute approximate surface area is 175 Å². The first kappa shape index (κ1) is 24.7. The number of amides is 2. The van der Waals surface area contributed by atoms with Crippen molar-refractivity contribution in [2.24, 2.45) is 17.6 Å². The summed E-state index contributed by atoms with van der Waals surface area (Å²) >= 11 is 0. The SMILES string of the molecule is CC(C)CN(C[C@@H](O)[C@@H](N)CC1CCCCC1)C(=O)NCCc1c[nH]cn1.Cl. The van der Waals surface area contributed by atoms with Gasteiger partial charge in [-0.2, -0.15) is 0 Å². The van der Waals surface area contributed by atoms with Crippen molar-refractivity contribution >= 4 is 18.4 Å². The molecule has 0 saturated heterocycles. The lowest BCUT2D eigenvalue weighted by atomic mass is 9.84. The minimum Gasteiger partial charge on any atom is -0.390 e. The average molecular weight is 416 g/mol. The van der Waals surface area contributed by atoms with Crippen LogP contribution in [0.2, 0.25) is 0 Å². The topological polar surface area (TPSA) is 107 Å². The van der Waals surface area contributed by atoms with Crippen LogP contribution >= 0.6 is 12.4 Å². The smallest absolute Gasteiger partial charge is 0.317 e. The van der Waals surface area contributed by atoms with Gasteiger partial charge in [-0.3, -0.25) is 0 Å². The highest BCUT2D eigenvalue weighted by atomic mass is 35.5. The first-order valence-electron chi connectivity index (χ1n) is 10.4. The maximum absolute atomic E-state index is 12.6. The molecule has 1 heterocycles. The predicted molar refractivity (Wildman–Crippen MR) is 115 cm³/mol. The number of nitrogens with zero attached hydrogens (tertiary/aromatic N) is 2. The van der Waals surface area contributed by atoms with Crippen molar-refractivity contribution in [2.75, 3.05) is 19.6 Å². The summed E-state index contributed by atoms with van der Waals surface area (Å²) in [5.41, 5.74) is 7.19. The summed E-state index contributed by atoms with van der Waals surface area (Å²) < 4.78 is 0. The summed E-state index contributed by atoms with van der Waals surface area (Å²) in [5, 5.41) is 13.5. The van der Waals surface area contributed by atoms with Crippen molar-refractivity contribution < 1.29 is 9.90 Å². The van der Waals surface area contributed by atoms with E-state index in [1.807, 2.05) is 6.20 Å². The highest BCUT2D eigenvalue weighted by Gasteiger charge is 2.25. The number of aromatic nitrogens is 2. The molecule has 0 spiro atoms. The van der Waals surface area contributed by atoms with Gasteiger partial charge in [0.2, 0.25) is 0 Å². The van der Waals surface area contributed by atoms with Crippen LogP contribution in [0.5, 0.6) is 0 Å². The zero-order chi connectivity index (χ0) is 19.6. The van der Waals surface area contributed by atoms with Gasteiger partial charge in [0.1, 0.15) is 0 Å². The Morgan fingerprint density at radius 2 is 2.07 bits per heavy atom. The van der Waals surface area contributed by atoms with Crippen molar-refractivity contribution in [3.63, 3.8) is 0 Å². The van der Waals surface area contributed by atoms with Gasteiger partial charge in [-0.15, -0.1) is 12.4 Å². The number of carbonyl (C=O) groups excluding carboxylic acids is 1. The third-order valence-electron chi connectivity index (χ3n) is 5.32. The zero-order valence-electron chi connectivity index (χ0n) is 17.3. The molecular weight excluding hydrogens is 378 g/mol. The van der Waals surface area contributed by atoms with E-state index < -0.39 is 6.10 Å². The zero-order valence-corrected chi connectivity index (χ0v) is 18.1. The maximum atomic E-state index is 12.6. The second-order valence-electron chi connectivity index (χ2n) is 8.31. The van der Waals surface area contributed by atoms with Crippen molar-refractivity contribution in [1.29, 1.82) is 0 Å². The number of hydrogen-bond donors (Lipinski definition) is 4. The molecule has 0 unspecified atom stereocenters. The van der Waals surface area contributed by atoms with Gasteiger partial charge in [0.25, 0.3) is 0 Å². The first-order valence-corrected chi connectivity index (χ1v) is 10.4. The normalized spacial score (nSPS) is 17.0. The highest BCUT2D eigenvalue weighted by Crippen LogP contribution is 2.27. The van der Waals surface area contributed by atoms with E-state index >= 15 is 0 Å². The lowest BCUT2D eigenvalue weighted by Gasteiger charge is -2.31. The Hall–Kier alpha value is -1.31.